The number of benzene rings is 3. The number of nitrogens with two attached hydrogens (primary N) is 1. The Kier molecular flexibility index (Phi) is 8.20. The Balaban J connectivity index is 1.22. The molecule has 3 aromatic rings. The van der Waals surface area contributed by atoms with Gasteiger partial charge in [-0.25, -0.2) is 4.79 Å². The van der Waals surface area contributed by atoms with Gasteiger partial charge in [0.1, 0.15) is 13.2 Å². The van der Waals surface area contributed by atoms with E-state index in [-0.39, 0.29) is 31.0 Å². The Hall–Kier alpha value is -4.17. The monoisotopic (exact) mass is 501 g/mol. The third-order valence-corrected chi connectivity index (χ3v) is 6.55. The first kappa shape index (κ1) is 25.9. The molecule has 0 heterocycles. The Labute approximate surface area is 215 Å². The van der Waals surface area contributed by atoms with E-state index in [4.69, 9.17) is 15.6 Å². The molecule has 1 aliphatic rings. The van der Waals surface area contributed by atoms with Gasteiger partial charge in [0.2, 0.25) is 5.91 Å². The molecule has 4 rings (SSSR count). The molecule has 0 unspecified atom stereocenters. The van der Waals surface area contributed by atoms with Crippen LogP contribution in [0.4, 0.5) is 10.5 Å². The molecule has 0 saturated heterocycles. The molecule has 2 amide bonds. The van der Waals surface area contributed by atoms with Gasteiger partial charge < -0.3 is 26.2 Å². The molecule has 2 atom stereocenters. The van der Waals surface area contributed by atoms with Crippen molar-refractivity contribution in [1.29, 1.82) is 0 Å². The van der Waals surface area contributed by atoms with Crippen molar-refractivity contribution in [3.05, 3.63) is 89.5 Å². The molecular weight excluding hydrogens is 470 g/mol. The molecule has 192 valence electrons. The lowest BCUT2D eigenvalue weighted by atomic mass is 9.97. The number of aliphatic carboxylic acids is 1. The van der Waals surface area contributed by atoms with Gasteiger partial charge in [-0.2, -0.15) is 0 Å². The van der Waals surface area contributed by atoms with Gasteiger partial charge in [-0.3, -0.25) is 9.59 Å². The van der Waals surface area contributed by atoms with Crippen molar-refractivity contribution in [2.75, 3.05) is 18.5 Å². The fraction of sp³-hybridized carbons (Fsp3) is 0.276. The summed E-state index contributed by atoms with van der Waals surface area (Å²) < 4.78 is 5.46. The van der Waals surface area contributed by atoms with E-state index in [0.29, 0.717) is 18.5 Å². The standard InChI is InChI=1S/C29H31N3O5/c1-18(28(34)35)14-20(30)15-19-10-12-21(13-11-19)32-27(33)16-31-29(36)37-17-26-24-8-4-2-6-22(24)23-7-3-5-9-25(23)26/h2-13,18,20,26H,14-17,30H2,1H3,(H,31,36)(H,32,33)(H,34,35)/t18-,20+/m0/s1. The zero-order chi connectivity index (χ0) is 26.4. The second kappa shape index (κ2) is 11.7. The average molecular weight is 502 g/mol. The number of amides is 2. The van der Waals surface area contributed by atoms with Crippen molar-refractivity contribution in [2.24, 2.45) is 11.7 Å². The van der Waals surface area contributed by atoms with Crippen LogP contribution in [0.15, 0.2) is 72.8 Å². The second-order valence-corrected chi connectivity index (χ2v) is 9.36. The number of fused-ring (bicyclic) bond motifs is 3. The average Bonchev–Trinajstić information content (AvgIpc) is 3.21. The van der Waals surface area contributed by atoms with E-state index in [9.17, 15) is 14.4 Å². The molecule has 37 heavy (non-hydrogen) atoms. The molecule has 0 spiro atoms. The molecule has 0 aromatic heterocycles. The second-order valence-electron chi connectivity index (χ2n) is 9.36. The summed E-state index contributed by atoms with van der Waals surface area (Å²) in [7, 11) is 0. The maximum Gasteiger partial charge on any atom is 0.407 e. The zero-order valence-corrected chi connectivity index (χ0v) is 20.6. The smallest absolute Gasteiger partial charge is 0.407 e. The van der Waals surface area contributed by atoms with Crippen LogP contribution in [0.1, 0.15) is 36.0 Å². The van der Waals surface area contributed by atoms with Crippen molar-refractivity contribution >= 4 is 23.7 Å². The summed E-state index contributed by atoms with van der Waals surface area (Å²) >= 11 is 0. The van der Waals surface area contributed by atoms with Gasteiger partial charge in [0.25, 0.3) is 0 Å². The summed E-state index contributed by atoms with van der Waals surface area (Å²) in [5.74, 6) is -1.79. The van der Waals surface area contributed by atoms with E-state index < -0.39 is 18.0 Å². The molecular formula is C29H31N3O5. The first-order valence-electron chi connectivity index (χ1n) is 12.3. The van der Waals surface area contributed by atoms with E-state index in [1.54, 1.807) is 19.1 Å². The van der Waals surface area contributed by atoms with Gasteiger partial charge in [0.15, 0.2) is 0 Å². The normalized spacial score (nSPS) is 13.7. The molecule has 1 aliphatic carbocycles. The number of rotatable bonds is 10. The van der Waals surface area contributed by atoms with Crippen LogP contribution in [0.5, 0.6) is 0 Å². The Bertz CT molecular complexity index is 1230. The minimum atomic E-state index is -0.861. The fourth-order valence-corrected chi connectivity index (χ4v) is 4.67. The van der Waals surface area contributed by atoms with E-state index in [0.717, 1.165) is 27.8 Å². The third-order valence-electron chi connectivity index (χ3n) is 6.55. The fourth-order valence-electron chi connectivity index (χ4n) is 4.67. The van der Waals surface area contributed by atoms with Gasteiger partial charge in [0.05, 0.1) is 5.92 Å². The molecule has 3 aromatic carbocycles. The summed E-state index contributed by atoms with van der Waals surface area (Å²) in [6.07, 6.45) is 0.266. The summed E-state index contributed by atoms with van der Waals surface area (Å²) in [5, 5.41) is 14.2. The van der Waals surface area contributed by atoms with Crippen LogP contribution < -0.4 is 16.4 Å². The number of ether oxygens (including phenoxy) is 1. The number of hydrogen-bond donors (Lipinski definition) is 4. The molecule has 0 aliphatic heterocycles. The number of carboxylic acids is 1. The lowest BCUT2D eigenvalue weighted by Crippen LogP contribution is -2.34. The molecule has 0 saturated carbocycles. The number of carbonyl (C=O) groups excluding carboxylic acids is 2. The van der Waals surface area contributed by atoms with Crippen LogP contribution >= 0.6 is 0 Å². The number of carboxylic acid groups (broad SMARTS) is 1. The third kappa shape index (κ3) is 6.54. The summed E-state index contributed by atoms with van der Waals surface area (Å²) in [6, 6.07) is 23.1. The Morgan fingerprint density at radius 2 is 1.54 bits per heavy atom. The predicted octanol–water partition coefficient (Wildman–Crippen LogP) is 4.14. The van der Waals surface area contributed by atoms with Crippen LogP contribution in [0.3, 0.4) is 0 Å². The number of carbonyl (C=O) groups is 3. The predicted molar refractivity (Wildman–Crippen MR) is 141 cm³/mol. The minimum Gasteiger partial charge on any atom is -0.481 e. The quantitative estimate of drug-likeness (QED) is 0.330. The van der Waals surface area contributed by atoms with Crippen molar-refractivity contribution in [1.82, 2.24) is 5.32 Å². The largest absolute Gasteiger partial charge is 0.481 e. The van der Waals surface area contributed by atoms with Gasteiger partial charge in [-0.15, -0.1) is 0 Å². The van der Waals surface area contributed by atoms with Crippen molar-refractivity contribution in [3.8, 4) is 11.1 Å². The number of hydrogen-bond acceptors (Lipinski definition) is 5. The number of alkyl carbamates (subject to hydrolysis) is 1. The SMILES string of the molecule is C[C@@H](C[C@@H](N)Cc1ccc(NC(=O)CNC(=O)OCC2c3ccccc3-c3ccccc32)cc1)C(=O)O. The molecule has 5 N–H and O–H groups in total. The van der Waals surface area contributed by atoms with Gasteiger partial charge in [0, 0.05) is 17.6 Å². The van der Waals surface area contributed by atoms with Crippen LogP contribution in [0.2, 0.25) is 0 Å². The molecule has 0 fully saturated rings. The van der Waals surface area contributed by atoms with Gasteiger partial charge in [-0.05, 0) is 52.8 Å². The first-order valence-corrected chi connectivity index (χ1v) is 12.3. The lowest BCUT2D eigenvalue weighted by Gasteiger charge is -2.15. The maximum absolute atomic E-state index is 12.3. The summed E-state index contributed by atoms with van der Waals surface area (Å²) in [6.45, 7) is 1.59. The molecule has 8 heteroatoms. The minimum absolute atomic E-state index is 0.0500. The van der Waals surface area contributed by atoms with E-state index in [2.05, 4.69) is 22.8 Å². The number of anilines is 1. The van der Waals surface area contributed by atoms with Crippen LogP contribution in [-0.2, 0) is 20.7 Å². The molecule has 0 bridgehead atoms. The van der Waals surface area contributed by atoms with E-state index >= 15 is 0 Å². The number of nitrogens with one attached hydrogen (secondary N) is 2. The van der Waals surface area contributed by atoms with Crippen molar-refractivity contribution in [3.63, 3.8) is 0 Å². The van der Waals surface area contributed by atoms with E-state index in [1.165, 1.54) is 0 Å². The van der Waals surface area contributed by atoms with E-state index in [1.807, 2.05) is 48.5 Å². The first-order chi connectivity index (χ1) is 17.8. The topological polar surface area (TPSA) is 131 Å². The van der Waals surface area contributed by atoms with Crippen LogP contribution in [-0.4, -0.2) is 42.3 Å². The highest BCUT2D eigenvalue weighted by molar-refractivity contribution is 5.93. The molecule has 8 nitrogen and oxygen atoms in total. The highest BCUT2D eigenvalue weighted by Gasteiger charge is 2.29. The van der Waals surface area contributed by atoms with Crippen LogP contribution in [0.25, 0.3) is 11.1 Å². The highest BCUT2D eigenvalue weighted by atomic mass is 16.5. The Morgan fingerprint density at radius 3 is 2.14 bits per heavy atom. The van der Waals surface area contributed by atoms with Gasteiger partial charge in [-0.1, -0.05) is 67.6 Å². The zero-order valence-electron chi connectivity index (χ0n) is 20.6. The summed E-state index contributed by atoms with van der Waals surface area (Å²) in [4.78, 5) is 35.6. The van der Waals surface area contributed by atoms with Crippen molar-refractivity contribution in [2.45, 2.75) is 31.7 Å². The molecule has 0 radical (unpaired) electrons. The maximum atomic E-state index is 12.3. The summed E-state index contributed by atoms with van der Waals surface area (Å²) in [5.41, 5.74) is 12.1. The lowest BCUT2D eigenvalue weighted by molar-refractivity contribution is -0.141. The van der Waals surface area contributed by atoms with Gasteiger partial charge >= 0.3 is 12.1 Å². The van der Waals surface area contributed by atoms with Crippen LogP contribution in [0, 0.1) is 5.92 Å². The Morgan fingerprint density at radius 1 is 0.946 bits per heavy atom. The van der Waals surface area contributed by atoms with Crippen molar-refractivity contribution < 1.29 is 24.2 Å². The highest BCUT2D eigenvalue weighted by Crippen LogP contribution is 2.44.